The number of carbonyl (C=O) groups is 1. The summed E-state index contributed by atoms with van der Waals surface area (Å²) in [6.45, 7) is 1.50. The molecule has 3 aromatic rings. The second kappa shape index (κ2) is 8.74. The van der Waals surface area contributed by atoms with Gasteiger partial charge in [-0.15, -0.1) is 0 Å². The standard InChI is InChI=1S/C21H21N3O4S/c1-16-9-11-17(12-10-16)24(29(26,27)18-6-5-13-22-14-18)15-21(25)23-19-7-3-4-8-20(19)28-2/h3-14H,15H2,1-2H3,(H,23,25). The van der Waals surface area contributed by atoms with Crippen LogP contribution in [0.4, 0.5) is 11.4 Å². The molecular weight excluding hydrogens is 390 g/mol. The first-order valence-electron chi connectivity index (χ1n) is 8.84. The molecule has 1 aromatic heterocycles. The van der Waals surface area contributed by atoms with Crippen molar-refractivity contribution >= 4 is 27.3 Å². The molecule has 3 rings (SSSR count). The van der Waals surface area contributed by atoms with Crippen molar-refractivity contribution in [2.75, 3.05) is 23.3 Å². The third-order valence-electron chi connectivity index (χ3n) is 4.21. The number of aromatic nitrogens is 1. The van der Waals surface area contributed by atoms with E-state index in [1.54, 1.807) is 48.5 Å². The molecular formula is C21H21N3O4S. The zero-order valence-electron chi connectivity index (χ0n) is 16.1. The number of ether oxygens (including phenoxy) is 1. The molecule has 0 bridgehead atoms. The fourth-order valence-electron chi connectivity index (χ4n) is 2.72. The molecule has 2 aromatic carbocycles. The van der Waals surface area contributed by atoms with Gasteiger partial charge < -0.3 is 10.1 Å². The number of methoxy groups -OCH3 is 1. The van der Waals surface area contributed by atoms with Gasteiger partial charge in [0.25, 0.3) is 10.0 Å². The Morgan fingerprint density at radius 2 is 1.79 bits per heavy atom. The van der Waals surface area contributed by atoms with E-state index in [1.165, 1.54) is 31.6 Å². The summed E-state index contributed by atoms with van der Waals surface area (Å²) in [7, 11) is -2.49. The molecule has 0 spiro atoms. The molecule has 0 aliphatic rings. The van der Waals surface area contributed by atoms with Crippen LogP contribution in [0.5, 0.6) is 5.75 Å². The van der Waals surface area contributed by atoms with E-state index in [0.29, 0.717) is 17.1 Å². The van der Waals surface area contributed by atoms with Gasteiger partial charge in [0.1, 0.15) is 17.2 Å². The number of anilines is 2. The SMILES string of the molecule is COc1ccccc1NC(=O)CN(c1ccc(C)cc1)S(=O)(=O)c1cccnc1. The van der Waals surface area contributed by atoms with Crippen LogP contribution in [0.25, 0.3) is 0 Å². The Morgan fingerprint density at radius 3 is 2.45 bits per heavy atom. The summed E-state index contributed by atoms with van der Waals surface area (Å²) < 4.78 is 32.7. The van der Waals surface area contributed by atoms with Crippen LogP contribution in [-0.2, 0) is 14.8 Å². The van der Waals surface area contributed by atoms with Crippen LogP contribution in [0.1, 0.15) is 5.56 Å². The van der Waals surface area contributed by atoms with Gasteiger partial charge in [0.05, 0.1) is 18.5 Å². The van der Waals surface area contributed by atoms with E-state index >= 15 is 0 Å². The Labute approximate surface area is 170 Å². The molecule has 0 aliphatic heterocycles. The molecule has 0 fully saturated rings. The van der Waals surface area contributed by atoms with Crippen LogP contribution in [0.2, 0.25) is 0 Å². The molecule has 150 valence electrons. The summed E-state index contributed by atoms with van der Waals surface area (Å²) in [6.07, 6.45) is 2.75. The highest BCUT2D eigenvalue weighted by Crippen LogP contribution is 2.25. The lowest BCUT2D eigenvalue weighted by Gasteiger charge is -2.24. The van der Waals surface area contributed by atoms with Gasteiger partial charge >= 0.3 is 0 Å². The number of hydrogen-bond acceptors (Lipinski definition) is 5. The number of carbonyl (C=O) groups excluding carboxylic acids is 1. The lowest BCUT2D eigenvalue weighted by Crippen LogP contribution is -2.38. The van der Waals surface area contributed by atoms with Crippen molar-refractivity contribution in [1.29, 1.82) is 0 Å². The van der Waals surface area contributed by atoms with Crippen LogP contribution >= 0.6 is 0 Å². The predicted octanol–water partition coefficient (Wildman–Crippen LogP) is 3.23. The summed E-state index contributed by atoms with van der Waals surface area (Å²) >= 11 is 0. The molecule has 0 aliphatic carbocycles. The van der Waals surface area contributed by atoms with Crippen molar-refractivity contribution in [2.24, 2.45) is 0 Å². The van der Waals surface area contributed by atoms with E-state index < -0.39 is 22.5 Å². The third kappa shape index (κ3) is 4.72. The molecule has 0 radical (unpaired) electrons. The van der Waals surface area contributed by atoms with E-state index in [9.17, 15) is 13.2 Å². The second-order valence-corrected chi connectivity index (χ2v) is 8.15. The summed E-state index contributed by atoms with van der Waals surface area (Å²) in [6, 6.07) is 16.8. The van der Waals surface area contributed by atoms with Gasteiger partial charge in [-0.05, 0) is 43.3 Å². The minimum absolute atomic E-state index is 0.00525. The number of sulfonamides is 1. The average Bonchev–Trinajstić information content (AvgIpc) is 2.74. The fraction of sp³-hybridized carbons (Fsp3) is 0.143. The first kappa shape index (κ1) is 20.3. The molecule has 0 saturated heterocycles. The van der Waals surface area contributed by atoms with E-state index in [4.69, 9.17) is 4.74 Å². The van der Waals surface area contributed by atoms with Crippen molar-refractivity contribution in [1.82, 2.24) is 4.98 Å². The maximum Gasteiger partial charge on any atom is 0.266 e. The number of rotatable bonds is 7. The highest BCUT2D eigenvalue weighted by molar-refractivity contribution is 7.92. The zero-order valence-corrected chi connectivity index (χ0v) is 16.9. The second-order valence-electron chi connectivity index (χ2n) is 6.28. The summed E-state index contributed by atoms with van der Waals surface area (Å²) in [5.74, 6) is -0.0135. The highest BCUT2D eigenvalue weighted by atomic mass is 32.2. The molecule has 8 heteroatoms. The third-order valence-corrected chi connectivity index (χ3v) is 5.97. The first-order chi connectivity index (χ1) is 13.9. The smallest absolute Gasteiger partial charge is 0.266 e. The predicted molar refractivity (Wildman–Crippen MR) is 112 cm³/mol. The summed E-state index contributed by atoms with van der Waals surface area (Å²) in [5.41, 5.74) is 1.82. The van der Waals surface area contributed by atoms with Gasteiger partial charge in [-0.25, -0.2) is 8.42 Å². The van der Waals surface area contributed by atoms with Crippen LogP contribution in [0, 0.1) is 6.92 Å². The van der Waals surface area contributed by atoms with E-state index in [-0.39, 0.29) is 4.90 Å². The number of pyridine rings is 1. The average molecular weight is 411 g/mol. The van der Waals surface area contributed by atoms with Crippen molar-refractivity contribution in [3.05, 3.63) is 78.6 Å². The molecule has 0 unspecified atom stereocenters. The zero-order chi connectivity index (χ0) is 20.9. The molecule has 1 heterocycles. The van der Waals surface area contributed by atoms with Gasteiger partial charge in [0.2, 0.25) is 5.91 Å². The van der Waals surface area contributed by atoms with Crippen molar-refractivity contribution in [2.45, 2.75) is 11.8 Å². The van der Waals surface area contributed by atoms with Crippen molar-refractivity contribution < 1.29 is 17.9 Å². The van der Waals surface area contributed by atoms with Crippen LogP contribution in [0.15, 0.2) is 78.0 Å². The van der Waals surface area contributed by atoms with Gasteiger partial charge in [0, 0.05) is 12.4 Å². The number of hydrogen-bond donors (Lipinski definition) is 1. The fourth-order valence-corrected chi connectivity index (χ4v) is 4.11. The Bertz CT molecular complexity index is 1080. The van der Waals surface area contributed by atoms with Crippen LogP contribution < -0.4 is 14.4 Å². The lowest BCUT2D eigenvalue weighted by atomic mass is 10.2. The first-order valence-corrected chi connectivity index (χ1v) is 10.3. The van der Waals surface area contributed by atoms with E-state index in [0.717, 1.165) is 9.87 Å². The Hall–Kier alpha value is -3.39. The Balaban J connectivity index is 1.93. The van der Waals surface area contributed by atoms with Gasteiger partial charge in [-0.2, -0.15) is 0 Å². The van der Waals surface area contributed by atoms with Crippen LogP contribution in [-0.4, -0.2) is 33.0 Å². The maximum atomic E-state index is 13.2. The molecule has 29 heavy (non-hydrogen) atoms. The van der Waals surface area contributed by atoms with Crippen molar-refractivity contribution in [3.8, 4) is 5.75 Å². The lowest BCUT2D eigenvalue weighted by molar-refractivity contribution is -0.114. The summed E-state index contributed by atoms with van der Waals surface area (Å²) in [5, 5.41) is 2.71. The minimum Gasteiger partial charge on any atom is -0.495 e. The van der Waals surface area contributed by atoms with E-state index in [2.05, 4.69) is 10.3 Å². The normalized spacial score (nSPS) is 11.0. The Kier molecular flexibility index (Phi) is 6.13. The molecule has 0 saturated carbocycles. The monoisotopic (exact) mass is 411 g/mol. The highest BCUT2D eigenvalue weighted by Gasteiger charge is 2.27. The minimum atomic E-state index is -3.99. The molecule has 7 nitrogen and oxygen atoms in total. The number of para-hydroxylation sites is 2. The van der Waals surface area contributed by atoms with Gasteiger partial charge in [-0.1, -0.05) is 29.8 Å². The largest absolute Gasteiger partial charge is 0.495 e. The van der Waals surface area contributed by atoms with Crippen LogP contribution in [0.3, 0.4) is 0 Å². The number of nitrogens with one attached hydrogen (secondary N) is 1. The quantitative estimate of drug-likeness (QED) is 0.645. The number of amides is 1. The molecule has 0 atom stereocenters. The van der Waals surface area contributed by atoms with Gasteiger partial charge in [-0.3, -0.25) is 14.1 Å². The molecule has 1 N–H and O–H groups in total. The number of nitrogens with zero attached hydrogens (tertiary/aromatic N) is 2. The number of benzene rings is 2. The Morgan fingerprint density at radius 1 is 1.07 bits per heavy atom. The topological polar surface area (TPSA) is 88.6 Å². The van der Waals surface area contributed by atoms with Crippen molar-refractivity contribution in [3.63, 3.8) is 0 Å². The van der Waals surface area contributed by atoms with Gasteiger partial charge in [0.15, 0.2) is 0 Å². The van der Waals surface area contributed by atoms with E-state index in [1.807, 2.05) is 6.92 Å². The summed E-state index contributed by atoms with van der Waals surface area (Å²) in [4.78, 5) is 16.6. The maximum absolute atomic E-state index is 13.2. The number of aryl methyl sites for hydroxylation is 1. The molecule has 1 amide bonds.